The Balaban J connectivity index is 0.00000169. The van der Waals surface area contributed by atoms with E-state index in [9.17, 15) is 5.11 Å². The smallest absolute Gasteiger partial charge is 0.237 e. The second-order valence-corrected chi connectivity index (χ2v) is 5.59. The van der Waals surface area contributed by atoms with Gasteiger partial charge in [-0.2, -0.15) is 0 Å². The Bertz CT molecular complexity index is 827. The van der Waals surface area contributed by atoms with Crippen molar-refractivity contribution in [2.24, 2.45) is 4.99 Å². The summed E-state index contributed by atoms with van der Waals surface area (Å²) >= 11 is 0. The summed E-state index contributed by atoms with van der Waals surface area (Å²) in [7, 11) is 0. The van der Waals surface area contributed by atoms with Crippen molar-refractivity contribution in [2.45, 2.75) is 20.3 Å². The van der Waals surface area contributed by atoms with Crippen molar-refractivity contribution in [3.63, 3.8) is 0 Å². The Hall–Kier alpha value is -2.83. The van der Waals surface area contributed by atoms with Crippen molar-refractivity contribution in [1.82, 2.24) is 5.53 Å². The molecule has 24 heavy (non-hydrogen) atoms. The van der Waals surface area contributed by atoms with Gasteiger partial charge in [0.25, 0.3) is 0 Å². The lowest BCUT2D eigenvalue weighted by atomic mass is 10.1. The van der Waals surface area contributed by atoms with Gasteiger partial charge in [-0.05, 0) is 48.7 Å². The molecule has 0 spiro atoms. The number of aryl methyl sites for hydroxylation is 1. The molecule has 2 aromatic rings. The van der Waals surface area contributed by atoms with Gasteiger partial charge in [0.15, 0.2) is 0 Å². The average molecular weight is 323 g/mol. The van der Waals surface area contributed by atoms with E-state index in [1.54, 1.807) is 10.0 Å². The number of anilines is 2. The first kappa shape index (κ1) is 16.0. The van der Waals surface area contributed by atoms with Gasteiger partial charge in [-0.3, -0.25) is 0 Å². The van der Waals surface area contributed by atoms with Crippen LogP contribution in [0.4, 0.5) is 17.1 Å². The van der Waals surface area contributed by atoms with Crippen LogP contribution in [0.3, 0.4) is 0 Å². The third-order valence-corrected chi connectivity index (χ3v) is 4.13. The Morgan fingerprint density at radius 3 is 2.42 bits per heavy atom. The van der Waals surface area contributed by atoms with Crippen LogP contribution >= 0.6 is 0 Å². The first-order valence-electron chi connectivity index (χ1n) is 7.67. The molecule has 0 fully saturated rings. The van der Waals surface area contributed by atoms with Gasteiger partial charge < -0.3 is 10.6 Å². The monoisotopic (exact) mass is 323 g/mol. The van der Waals surface area contributed by atoms with Crippen LogP contribution in [0.15, 0.2) is 65.1 Å². The topological polar surface area (TPSA) is 84.7 Å². The van der Waals surface area contributed by atoms with Crippen LogP contribution in [0, 0.1) is 0 Å². The van der Waals surface area contributed by atoms with Crippen LogP contribution in [0.1, 0.15) is 19.4 Å². The third kappa shape index (κ3) is 2.33. The van der Waals surface area contributed by atoms with E-state index in [0.29, 0.717) is 5.70 Å². The second-order valence-electron chi connectivity index (χ2n) is 5.59. The molecule has 0 amide bonds. The van der Waals surface area contributed by atoms with Crippen LogP contribution < -0.4 is 15.6 Å². The zero-order valence-electron chi connectivity index (χ0n) is 13.6. The van der Waals surface area contributed by atoms with Gasteiger partial charge in [-0.15, -0.1) is 0 Å². The molecule has 0 saturated carbocycles. The van der Waals surface area contributed by atoms with Crippen LogP contribution in [0.2, 0.25) is 0 Å². The van der Waals surface area contributed by atoms with E-state index in [0.717, 1.165) is 29.2 Å². The van der Waals surface area contributed by atoms with Crippen molar-refractivity contribution >= 4 is 22.8 Å². The van der Waals surface area contributed by atoms with Crippen molar-refractivity contribution in [3.05, 3.63) is 65.7 Å². The van der Waals surface area contributed by atoms with Crippen LogP contribution in [0.25, 0.3) is 0 Å². The molecule has 2 aliphatic heterocycles. The summed E-state index contributed by atoms with van der Waals surface area (Å²) in [6, 6.07) is 15.8. The van der Waals surface area contributed by atoms with Crippen LogP contribution in [-0.4, -0.2) is 16.3 Å². The molecule has 3 N–H and O–H groups in total. The van der Waals surface area contributed by atoms with Crippen LogP contribution in [-0.2, 0) is 6.42 Å². The molecule has 123 valence electrons. The Labute approximate surface area is 140 Å². The third-order valence-electron chi connectivity index (χ3n) is 4.13. The van der Waals surface area contributed by atoms with Crippen molar-refractivity contribution in [3.8, 4) is 0 Å². The quantitative estimate of drug-likeness (QED) is 0.922. The zero-order valence-corrected chi connectivity index (χ0v) is 13.6. The maximum Gasteiger partial charge on any atom is 0.237 e. The lowest BCUT2D eigenvalue weighted by Gasteiger charge is -2.25. The summed E-state index contributed by atoms with van der Waals surface area (Å²) in [6.07, 6.45) is 0.982. The molecule has 0 bridgehead atoms. The van der Waals surface area contributed by atoms with E-state index in [2.05, 4.69) is 29.6 Å². The van der Waals surface area contributed by atoms with E-state index in [1.807, 2.05) is 43.3 Å². The highest BCUT2D eigenvalue weighted by Gasteiger charge is 2.37. The lowest BCUT2D eigenvalue weighted by Crippen LogP contribution is -2.36. The summed E-state index contributed by atoms with van der Waals surface area (Å²) < 4.78 is 0. The van der Waals surface area contributed by atoms with E-state index >= 15 is 0 Å². The van der Waals surface area contributed by atoms with Crippen molar-refractivity contribution in [2.75, 3.05) is 10.0 Å². The highest BCUT2D eigenvalue weighted by Crippen LogP contribution is 2.40. The molecule has 2 aliphatic rings. The van der Waals surface area contributed by atoms with E-state index in [1.165, 1.54) is 5.56 Å². The highest BCUT2D eigenvalue weighted by atomic mass is 16.3. The maximum absolute atomic E-state index is 10.6. The molecule has 0 saturated heterocycles. The summed E-state index contributed by atoms with van der Waals surface area (Å²) in [6.45, 7) is 4.00. The summed E-state index contributed by atoms with van der Waals surface area (Å²) in [5.41, 5.74) is 9.75. The second kappa shape index (κ2) is 5.99. The van der Waals surface area contributed by atoms with Gasteiger partial charge in [0.2, 0.25) is 5.88 Å². The van der Waals surface area contributed by atoms with Crippen molar-refractivity contribution in [1.29, 1.82) is 0 Å². The minimum absolute atomic E-state index is 0. The largest absolute Gasteiger partial charge is 0.492 e. The average Bonchev–Trinajstić information content (AvgIpc) is 2.93. The molecule has 2 aromatic carbocycles. The summed E-state index contributed by atoms with van der Waals surface area (Å²) in [5.74, 6) is 0.102. The van der Waals surface area contributed by atoms with E-state index < -0.39 is 0 Å². The number of para-hydroxylation sites is 2. The molecule has 6 heteroatoms. The van der Waals surface area contributed by atoms with Gasteiger partial charge in [-0.1, -0.05) is 31.2 Å². The standard InChI is InChI=1S/C18H17N4O.H2O/c1-3-13-8-10-14(11-9-13)21-18(23)17-12(2)19-15-6-4-5-7-16(15)22(17)20-21;/h4-11,23H,3H2,1-2H3;1H2. The van der Waals surface area contributed by atoms with Gasteiger partial charge >= 0.3 is 0 Å². The summed E-state index contributed by atoms with van der Waals surface area (Å²) in [4.78, 5) is 4.56. The van der Waals surface area contributed by atoms with Gasteiger partial charge in [-0.25, -0.2) is 15.0 Å². The highest BCUT2D eigenvalue weighted by molar-refractivity contribution is 6.07. The van der Waals surface area contributed by atoms with E-state index in [-0.39, 0.29) is 11.4 Å². The fourth-order valence-electron chi connectivity index (χ4n) is 2.87. The number of rotatable bonds is 2. The van der Waals surface area contributed by atoms with Crippen LogP contribution in [0.5, 0.6) is 0 Å². The maximum atomic E-state index is 10.6. The Morgan fingerprint density at radius 1 is 1.00 bits per heavy atom. The number of aliphatic hydroxyl groups excluding tert-OH is 1. The normalized spacial score (nSPS) is 15.7. The van der Waals surface area contributed by atoms with Gasteiger partial charge in [0.05, 0.1) is 22.8 Å². The summed E-state index contributed by atoms with van der Waals surface area (Å²) in [5, 5.41) is 14.0. The molecule has 0 aromatic heterocycles. The number of benzene rings is 2. The van der Waals surface area contributed by atoms with E-state index in [4.69, 9.17) is 0 Å². The molecule has 4 rings (SSSR count). The molecule has 0 aliphatic carbocycles. The molecule has 0 unspecified atom stereocenters. The fourth-order valence-corrected chi connectivity index (χ4v) is 2.87. The molecular formula is C18H19N4O2. The molecule has 1 radical (unpaired) electrons. The van der Waals surface area contributed by atoms with Crippen molar-refractivity contribution < 1.29 is 10.6 Å². The molecule has 0 atom stereocenters. The molecule has 6 nitrogen and oxygen atoms in total. The molecule has 2 heterocycles. The predicted molar refractivity (Wildman–Crippen MR) is 95.4 cm³/mol. The van der Waals surface area contributed by atoms with Gasteiger partial charge in [0, 0.05) is 0 Å². The SMILES string of the molecule is CCc1ccc(N2[N]N3C(=C2O)C(C)=Nc2ccccc23)cc1.O. The number of fused-ring (bicyclic) bond motifs is 3. The lowest BCUT2D eigenvalue weighted by molar-refractivity contribution is 0.387. The first-order valence-corrected chi connectivity index (χ1v) is 7.67. The Morgan fingerprint density at radius 2 is 1.71 bits per heavy atom. The number of hydrogen-bond donors (Lipinski definition) is 1. The molecular weight excluding hydrogens is 304 g/mol. The minimum atomic E-state index is 0. The fraction of sp³-hybridized carbons (Fsp3) is 0.167. The predicted octanol–water partition coefficient (Wildman–Crippen LogP) is 3.02. The first-order chi connectivity index (χ1) is 11.2. The number of allylic oxidation sites excluding steroid dienone is 1. The minimum Gasteiger partial charge on any atom is -0.492 e. The number of aliphatic imine (C=N–C) groups is 1. The number of nitrogens with zero attached hydrogens (tertiary/aromatic N) is 4. The van der Waals surface area contributed by atoms with Gasteiger partial charge in [0.1, 0.15) is 5.70 Å². The Kier molecular flexibility index (Phi) is 4.01. The zero-order chi connectivity index (χ0) is 16.0. The number of aliphatic hydroxyl groups is 1. The number of hydrogen-bond acceptors (Lipinski definition) is 4.